The number of amides is 1. The van der Waals surface area contributed by atoms with Gasteiger partial charge in [0.25, 0.3) is 5.91 Å². The maximum Gasteiger partial charge on any atom is 0.256 e. The van der Waals surface area contributed by atoms with E-state index in [1.54, 1.807) is 29.0 Å². The van der Waals surface area contributed by atoms with E-state index in [1.165, 1.54) is 7.11 Å². The molecule has 1 saturated heterocycles. The number of halogens is 1. The number of nitrogens with zero attached hydrogens (tertiary/aromatic N) is 2. The van der Waals surface area contributed by atoms with Crippen LogP contribution in [0.15, 0.2) is 24.3 Å². The minimum absolute atomic E-state index is 0.162. The SMILES string of the molecule is C=C1C[C@H]2[C@H](O)N(C)c3cc(OCCC(C)(C)CF)c(OC)cc3C(=O)N2C1. The number of likely N-dealkylation sites (N-methyl/N-ethyl adjacent to an activating group) is 1. The van der Waals surface area contributed by atoms with Gasteiger partial charge in [0.2, 0.25) is 0 Å². The molecule has 2 heterocycles. The van der Waals surface area contributed by atoms with Crippen molar-refractivity contribution in [3.05, 3.63) is 29.8 Å². The number of methoxy groups -OCH3 is 1. The van der Waals surface area contributed by atoms with E-state index < -0.39 is 18.3 Å². The number of carbonyl (C=O) groups is 1. The molecule has 0 bridgehead atoms. The highest BCUT2D eigenvalue weighted by molar-refractivity contribution is 6.02. The molecule has 6 nitrogen and oxygen atoms in total. The molecule has 2 aliphatic rings. The van der Waals surface area contributed by atoms with Crippen molar-refractivity contribution in [3.8, 4) is 11.5 Å². The highest BCUT2D eigenvalue weighted by Crippen LogP contribution is 2.41. The van der Waals surface area contributed by atoms with Gasteiger partial charge in [-0.15, -0.1) is 0 Å². The summed E-state index contributed by atoms with van der Waals surface area (Å²) in [6.07, 6.45) is 0.263. The van der Waals surface area contributed by atoms with Crippen molar-refractivity contribution >= 4 is 11.6 Å². The Morgan fingerprint density at radius 1 is 1.36 bits per heavy atom. The lowest BCUT2D eigenvalue weighted by molar-refractivity contribution is 0.0527. The van der Waals surface area contributed by atoms with E-state index in [4.69, 9.17) is 9.47 Å². The first kappa shape index (κ1) is 20.5. The first-order valence-electron chi connectivity index (χ1n) is 9.48. The molecule has 2 atom stereocenters. The average Bonchev–Trinajstić information content (AvgIpc) is 3.04. The van der Waals surface area contributed by atoms with Crippen LogP contribution in [-0.4, -0.2) is 62.2 Å². The number of fused-ring (bicyclic) bond motifs is 2. The summed E-state index contributed by atoms with van der Waals surface area (Å²) in [4.78, 5) is 16.5. The molecule has 28 heavy (non-hydrogen) atoms. The second-order valence-electron chi connectivity index (χ2n) is 8.40. The van der Waals surface area contributed by atoms with Crippen LogP contribution >= 0.6 is 0 Å². The quantitative estimate of drug-likeness (QED) is 0.754. The number of hydrogen-bond acceptors (Lipinski definition) is 5. The van der Waals surface area contributed by atoms with Gasteiger partial charge in [0.1, 0.15) is 6.23 Å². The molecule has 1 aromatic rings. The molecule has 1 aromatic carbocycles. The Labute approximate surface area is 165 Å². The summed E-state index contributed by atoms with van der Waals surface area (Å²) in [6.45, 7) is 7.99. The highest BCUT2D eigenvalue weighted by Gasteiger charge is 2.42. The lowest BCUT2D eigenvalue weighted by atomic mass is 9.92. The van der Waals surface area contributed by atoms with Crippen molar-refractivity contribution < 1.29 is 23.8 Å². The Bertz CT molecular complexity index is 780. The number of benzene rings is 1. The maximum absolute atomic E-state index is 13.1. The summed E-state index contributed by atoms with van der Waals surface area (Å²) in [5.74, 6) is 0.740. The molecular weight excluding hydrogens is 363 g/mol. The van der Waals surface area contributed by atoms with E-state index in [1.807, 2.05) is 13.8 Å². The molecule has 0 aliphatic carbocycles. The van der Waals surface area contributed by atoms with E-state index in [0.717, 1.165) is 5.57 Å². The first-order chi connectivity index (χ1) is 13.2. The third-order valence-electron chi connectivity index (χ3n) is 5.58. The molecule has 1 amide bonds. The largest absolute Gasteiger partial charge is 0.493 e. The summed E-state index contributed by atoms with van der Waals surface area (Å²) in [6, 6.07) is 3.03. The predicted octanol–water partition coefficient (Wildman–Crippen LogP) is 3.00. The monoisotopic (exact) mass is 392 g/mol. The smallest absolute Gasteiger partial charge is 0.256 e. The number of aliphatic hydroxyl groups excluding tert-OH is 1. The van der Waals surface area contributed by atoms with E-state index in [2.05, 4.69) is 6.58 Å². The Balaban J connectivity index is 1.94. The number of ether oxygens (including phenoxy) is 2. The van der Waals surface area contributed by atoms with E-state index in [-0.39, 0.29) is 11.9 Å². The van der Waals surface area contributed by atoms with Gasteiger partial charge in [-0.1, -0.05) is 26.0 Å². The second kappa shape index (κ2) is 7.62. The van der Waals surface area contributed by atoms with Crippen LogP contribution < -0.4 is 14.4 Å². The summed E-state index contributed by atoms with van der Waals surface area (Å²) in [5.41, 5.74) is 1.50. The Morgan fingerprint density at radius 3 is 2.71 bits per heavy atom. The highest BCUT2D eigenvalue weighted by atomic mass is 19.1. The minimum Gasteiger partial charge on any atom is -0.493 e. The molecule has 0 saturated carbocycles. The zero-order valence-electron chi connectivity index (χ0n) is 17.0. The third-order valence-corrected chi connectivity index (χ3v) is 5.58. The van der Waals surface area contributed by atoms with Crippen LogP contribution in [0.1, 0.15) is 37.0 Å². The predicted molar refractivity (Wildman–Crippen MR) is 106 cm³/mol. The molecule has 1 N–H and O–H groups in total. The number of alkyl halides is 1. The molecule has 0 aromatic heterocycles. The molecule has 2 aliphatic heterocycles. The molecule has 154 valence electrons. The van der Waals surface area contributed by atoms with Gasteiger partial charge in [0.15, 0.2) is 11.5 Å². The second-order valence-corrected chi connectivity index (χ2v) is 8.40. The van der Waals surface area contributed by atoms with Crippen molar-refractivity contribution in [1.82, 2.24) is 4.90 Å². The summed E-state index contributed by atoms with van der Waals surface area (Å²) >= 11 is 0. The number of carbonyl (C=O) groups excluding carboxylic acids is 1. The Morgan fingerprint density at radius 2 is 2.07 bits per heavy atom. The van der Waals surface area contributed by atoms with Gasteiger partial charge in [-0.05, 0) is 24.3 Å². The molecule has 3 rings (SSSR count). The summed E-state index contributed by atoms with van der Waals surface area (Å²) < 4.78 is 24.3. The fourth-order valence-corrected chi connectivity index (χ4v) is 3.66. The van der Waals surface area contributed by atoms with E-state index >= 15 is 0 Å². The maximum atomic E-state index is 13.1. The van der Waals surface area contributed by atoms with Crippen molar-refractivity contribution in [2.45, 2.75) is 39.0 Å². The van der Waals surface area contributed by atoms with Crippen LogP contribution in [0.5, 0.6) is 11.5 Å². The summed E-state index contributed by atoms with van der Waals surface area (Å²) in [5, 5.41) is 10.8. The number of hydrogen-bond donors (Lipinski definition) is 1. The van der Waals surface area contributed by atoms with Crippen molar-refractivity contribution in [3.63, 3.8) is 0 Å². The van der Waals surface area contributed by atoms with Crippen LogP contribution in [0.25, 0.3) is 0 Å². The number of rotatable bonds is 6. The molecule has 0 unspecified atom stereocenters. The zero-order chi connectivity index (χ0) is 20.6. The van der Waals surface area contributed by atoms with Crippen LogP contribution in [-0.2, 0) is 0 Å². The van der Waals surface area contributed by atoms with Crippen LogP contribution in [0.3, 0.4) is 0 Å². The van der Waals surface area contributed by atoms with Crippen molar-refractivity contribution in [2.75, 3.05) is 38.9 Å². The van der Waals surface area contributed by atoms with Crippen LogP contribution in [0.4, 0.5) is 10.1 Å². The zero-order valence-corrected chi connectivity index (χ0v) is 17.0. The molecule has 7 heteroatoms. The standard InChI is InChI=1S/C21H29FN2O4/c1-13-8-16-20(26)23(4)15-10-18(28-7-6-21(2,3)12-22)17(27-5)9-14(15)19(25)24(16)11-13/h9-10,16,20,26H,1,6-8,11-12H2,2-5H3/t16-,20-/m0/s1. The third kappa shape index (κ3) is 3.68. The fourth-order valence-electron chi connectivity index (χ4n) is 3.66. The van der Waals surface area contributed by atoms with Gasteiger partial charge in [0, 0.05) is 19.7 Å². The van der Waals surface area contributed by atoms with E-state index in [9.17, 15) is 14.3 Å². The van der Waals surface area contributed by atoms with Gasteiger partial charge >= 0.3 is 0 Å². The topological polar surface area (TPSA) is 62.2 Å². The van der Waals surface area contributed by atoms with Gasteiger partial charge in [0.05, 0.1) is 37.7 Å². The molecular formula is C21H29FN2O4. The lowest BCUT2D eigenvalue weighted by Gasteiger charge is -2.30. The van der Waals surface area contributed by atoms with Crippen LogP contribution in [0.2, 0.25) is 0 Å². The van der Waals surface area contributed by atoms with Gasteiger partial charge in [-0.2, -0.15) is 0 Å². The van der Waals surface area contributed by atoms with Crippen molar-refractivity contribution in [2.24, 2.45) is 5.41 Å². The molecule has 0 spiro atoms. The summed E-state index contributed by atoms with van der Waals surface area (Å²) in [7, 11) is 3.27. The Kier molecular flexibility index (Phi) is 5.57. The first-order valence-corrected chi connectivity index (χ1v) is 9.48. The van der Waals surface area contributed by atoms with Crippen molar-refractivity contribution in [1.29, 1.82) is 0 Å². The molecule has 1 fully saturated rings. The van der Waals surface area contributed by atoms with Crippen LogP contribution in [0, 0.1) is 5.41 Å². The van der Waals surface area contributed by atoms with Gasteiger partial charge in [-0.25, -0.2) is 0 Å². The van der Waals surface area contributed by atoms with Gasteiger partial charge < -0.3 is 24.4 Å². The normalized spacial score (nSPS) is 22.1. The number of anilines is 1. The lowest BCUT2D eigenvalue weighted by Crippen LogP contribution is -2.47. The number of aliphatic hydroxyl groups is 1. The molecule has 0 radical (unpaired) electrons. The Hall–Kier alpha value is -2.28. The van der Waals surface area contributed by atoms with Gasteiger partial charge in [-0.3, -0.25) is 9.18 Å². The average molecular weight is 392 g/mol. The fraction of sp³-hybridized carbons (Fsp3) is 0.571. The minimum atomic E-state index is -0.851. The van der Waals surface area contributed by atoms with E-state index in [0.29, 0.717) is 48.7 Å².